The van der Waals surface area contributed by atoms with Gasteiger partial charge in [-0.2, -0.15) is 0 Å². The molecule has 58 valence electrons. The van der Waals surface area contributed by atoms with E-state index in [0.717, 1.165) is 19.2 Å². The fourth-order valence-corrected chi connectivity index (χ4v) is 1.41. The van der Waals surface area contributed by atoms with Crippen LogP contribution in [0.4, 0.5) is 0 Å². The maximum Gasteiger partial charge on any atom is 0.230 e. The van der Waals surface area contributed by atoms with Crippen molar-refractivity contribution in [1.29, 1.82) is 0 Å². The first-order chi connectivity index (χ1) is 4.84. The maximum atomic E-state index is 5.09. The van der Waals surface area contributed by atoms with Gasteiger partial charge in [0.2, 0.25) is 9.76 Å². The van der Waals surface area contributed by atoms with Crippen LogP contribution in [0.2, 0.25) is 6.04 Å². The average molecular weight is 159 g/mol. The summed E-state index contributed by atoms with van der Waals surface area (Å²) < 4.78 is 10.0. The zero-order valence-electron chi connectivity index (χ0n) is 6.46. The van der Waals surface area contributed by atoms with Crippen LogP contribution in [0.3, 0.4) is 0 Å². The predicted molar refractivity (Wildman–Crippen MR) is 39.9 cm³/mol. The Morgan fingerprint density at radius 2 is 2.50 bits per heavy atom. The Morgan fingerprint density at radius 1 is 1.80 bits per heavy atom. The number of hydrogen-bond donors (Lipinski definition) is 0. The van der Waals surface area contributed by atoms with Crippen molar-refractivity contribution < 1.29 is 9.16 Å². The molecule has 0 aromatic carbocycles. The van der Waals surface area contributed by atoms with E-state index >= 15 is 0 Å². The Hall–Kier alpha value is 0.0969. The summed E-state index contributed by atoms with van der Waals surface area (Å²) in [5, 5.41) is 0. The summed E-state index contributed by atoms with van der Waals surface area (Å²) in [6, 6.07) is 1.12. The molecule has 1 fully saturated rings. The number of hydrogen-bond acceptors (Lipinski definition) is 3. The molecule has 10 heavy (non-hydrogen) atoms. The molecule has 1 saturated heterocycles. The van der Waals surface area contributed by atoms with Crippen LogP contribution in [0.1, 0.15) is 0 Å². The van der Waals surface area contributed by atoms with E-state index in [9.17, 15) is 0 Å². The van der Waals surface area contributed by atoms with Crippen molar-refractivity contribution in [1.82, 2.24) is 4.90 Å². The minimum atomic E-state index is 0.404. The maximum absolute atomic E-state index is 5.09. The first kappa shape index (κ1) is 8.20. The second kappa shape index (κ2) is 4.08. The molecule has 3 nitrogen and oxygen atoms in total. The van der Waals surface area contributed by atoms with E-state index in [2.05, 4.69) is 11.9 Å². The molecule has 4 heteroatoms. The number of likely N-dealkylation sites (N-methyl/N-ethyl adjacent to an activating group) is 1. The molecule has 1 atom stereocenters. The molecule has 0 aromatic rings. The van der Waals surface area contributed by atoms with Crippen LogP contribution in [0.5, 0.6) is 0 Å². The molecule has 0 aromatic heterocycles. The minimum Gasteiger partial charge on any atom is -0.421 e. The normalized spacial score (nSPS) is 23.7. The fraction of sp³-hybridized carbons (Fsp3) is 1.00. The Bertz CT molecular complexity index is 97.7. The molecule has 0 spiro atoms. The molecule has 0 saturated carbocycles. The van der Waals surface area contributed by atoms with Crippen LogP contribution in [0.15, 0.2) is 0 Å². The molecule has 0 aliphatic carbocycles. The molecular formula is C6H13NO2Si. The average Bonchev–Trinajstić information content (AvgIpc) is 2.69. The molecule has 1 heterocycles. The summed E-state index contributed by atoms with van der Waals surface area (Å²) in [7, 11) is 4.45. The summed E-state index contributed by atoms with van der Waals surface area (Å²) in [5.74, 6) is 0. The molecule has 1 aliphatic heterocycles. The van der Waals surface area contributed by atoms with Gasteiger partial charge >= 0.3 is 0 Å². The van der Waals surface area contributed by atoms with Crippen molar-refractivity contribution in [3.63, 3.8) is 0 Å². The summed E-state index contributed by atoms with van der Waals surface area (Å²) >= 11 is 0. The van der Waals surface area contributed by atoms with E-state index in [1.807, 2.05) is 0 Å². The molecule has 0 amide bonds. The van der Waals surface area contributed by atoms with Gasteiger partial charge in [0, 0.05) is 7.11 Å². The number of ether oxygens (including phenoxy) is 1. The quantitative estimate of drug-likeness (QED) is 0.320. The number of nitrogens with zero attached hydrogens (tertiary/aromatic N) is 1. The highest BCUT2D eigenvalue weighted by atomic mass is 28.2. The van der Waals surface area contributed by atoms with E-state index in [4.69, 9.17) is 9.16 Å². The molecule has 0 N–H and O–H groups in total. The van der Waals surface area contributed by atoms with Crippen LogP contribution in [-0.2, 0) is 9.16 Å². The smallest absolute Gasteiger partial charge is 0.230 e. The van der Waals surface area contributed by atoms with Crippen molar-refractivity contribution in [2.75, 3.05) is 27.3 Å². The third-order valence-electron chi connectivity index (χ3n) is 1.52. The van der Waals surface area contributed by atoms with Gasteiger partial charge in [-0.25, -0.2) is 0 Å². The molecule has 1 rings (SSSR count). The third-order valence-corrected chi connectivity index (χ3v) is 2.23. The zero-order valence-corrected chi connectivity index (χ0v) is 7.46. The largest absolute Gasteiger partial charge is 0.421 e. The fourth-order valence-electron chi connectivity index (χ4n) is 0.766. The highest BCUT2D eigenvalue weighted by Crippen LogP contribution is 2.12. The van der Waals surface area contributed by atoms with Gasteiger partial charge in [-0.05, 0) is 19.6 Å². The lowest BCUT2D eigenvalue weighted by Crippen LogP contribution is -2.23. The standard InChI is InChI=1S/C6H13NO2Si/c1-7(6-5-9-6)3-4-10-8-2/h6H,3-5H2,1-2H3. The van der Waals surface area contributed by atoms with Crippen LogP contribution < -0.4 is 0 Å². The van der Waals surface area contributed by atoms with E-state index in [1.54, 1.807) is 7.11 Å². The lowest BCUT2D eigenvalue weighted by Gasteiger charge is -2.11. The van der Waals surface area contributed by atoms with Gasteiger partial charge in [0.25, 0.3) is 0 Å². The SMILES string of the molecule is CO[Si]CCN(C)C1CO1. The van der Waals surface area contributed by atoms with Gasteiger partial charge < -0.3 is 9.16 Å². The molecule has 1 unspecified atom stereocenters. The van der Waals surface area contributed by atoms with E-state index in [-0.39, 0.29) is 0 Å². The lowest BCUT2D eigenvalue weighted by atomic mass is 10.6. The second-order valence-electron chi connectivity index (χ2n) is 2.37. The van der Waals surface area contributed by atoms with Gasteiger partial charge in [-0.15, -0.1) is 0 Å². The summed E-state index contributed by atoms with van der Waals surface area (Å²) in [4.78, 5) is 2.21. The van der Waals surface area contributed by atoms with Crippen molar-refractivity contribution in [3.8, 4) is 0 Å². The Labute approximate surface area is 64.2 Å². The van der Waals surface area contributed by atoms with Crippen LogP contribution in [-0.4, -0.2) is 48.2 Å². The minimum absolute atomic E-state index is 0.404. The summed E-state index contributed by atoms with van der Waals surface area (Å²) in [5.41, 5.74) is 0. The Morgan fingerprint density at radius 3 is 3.00 bits per heavy atom. The monoisotopic (exact) mass is 159 g/mol. The van der Waals surface area contributed by atoms with Gasteiger partial charge in [0.1, 0.15) is 6.23 Å². The van der Waals surface area contributed by atoms with E-state index < -0.39 is 0 Å². The van der Waals surface area contributed by atoms with Crippen LogP contribution >= 0.6 is 0 Å². The molecule has 1 aliphatic rings. The Kier molecular flexibility index (Phi) is 3.34. The second-order valence-corrected chi connectivity index (χ2v) is 3.56. The van der Waals surface area contributed by atoms with Crippen LogP contribution in [0, 0.1) is 0 Å². The van der Waals surface area contributed by atoms with Crippen molar-refractivity contribution >= 4 is 9.76 Å². The van der Waals surface area contributed by atoms with Gasteiger partial charge in [-0.3, -0.25) is 4.90 Å². The molecule has 2 radical (unpaired) electrons. The van der Waals surface area contributed by atoms with Crippen LogP contribution in [0.25, 0.3) is 0 Å². The summed E-state index contributed by atoms with van der Waals surface area (Å²) in [6.07, 6.45) is 0.404. The predicted octanol–water partition coefficient (Wildman–Crippen LogP) is -0.0416. The van der Waals surface area contributed by atoms with E-state index in [0.29, 0.717) is 16.0 Å². The van der Waals surface area contributed by atoms with E-state index in [1.165, 1.54) is 0 Å². The highest BCUT2D eigenvalue weighted by Gasteiger charge is 2.26. The van der Waals surface area contributed by atoms with Gasteiger partial charge in [-0.1, -0.05) is 0 Å². The topological polar surface area (TPSA) is 25.0 Å². The first-order valence-corrected chi connectivity index (χ1v) is 4.54. The number of rotatable bonds is 5. The van der Waals surface area contributed by atoms with Gasteiger partial charge in [0.15, 0.2) is 0 Å². The first-order valence-electron chi connectivity index (χ1n) is 3.42. The zero-order chi connectivity index (χ0) is 7.40. The number of epoxide rings is 1. The van der Waals surface area contributed by atoms with Crippen molar-refractivity contribution in [2.24, 2.45) is 0 Å². The Balaban J connectivity index is 1.90. The van der Waals surface area contributed by atoms with Crippen molar-refractivity contribution in [2.45, 2.75) is 12.3 Å². The third kappa shape index (κ3) is 2.79. The highest BCUT2D eigenvalue weighted by molar-refractivity contribution is 6.27. The molecular weight excluding hydrogens is 146 g/mol. The van der Waals surface area contributed by atoms with Gasteiger partial charge in [0.05, 0.1) is 6.61 Å². The lowest BCUT2D eigenvalue weighted by molar-refractivity contribution is 0.219. The van der Waals surface area contributed by atoms with Crippen molar-refractivity contribution in [3.05, 3.63) is 0 Å². The molecule has 0 bridgehead atoms. The summed E-state index contributed by atoms with van der Waals surface area (Å²) in [6.45, 7) is 1.99.